The predicted octanol–water partition coefficient (Wildman–Crippen LogP) is 3.18. The lowest BCUT2D eigenvalue weighted by Gasteiger charge is -2.08. The molecule has 1 amide bonds. The zero-order valence-electron chi connectivity index (χ0n) is 13.6. The molecule has 134 valence electrons. The summed E-state index contributed by atoms with van der Waals surface area (Å²) in [5, 5.41) is 6.18. The van der Waals surface area contributed by atoms with Gasteiger partial charge in [-0.05, 0) is 55.5 Å². The Morgan fingerprint density at radius 2 is 1.73 bits per heavy atom. The van der Waals surface area contributed by atoms with Crippen LogP contribution in [0.4, 0.5) is 15.9 Å². The second-order valence-electron chi connectivity index (χ2n) is 5.41. The Morgan fingerprint density at radius 3 is 2.31 bits per heavy atom. The highest BCUT2D eigenvalue weighted by atomic mass is 32.2. The van der Waals surface area contributed by atoms with Crippen molar-refractivity contribution in [1.82, 2.24) is 5.16 Å². The molecule has 0 bridgehead atoms. The molecule has 0 aliphatic carbocycles. The van der Waals surface area contributed by atoms with E-state index in [-0.39, 0.29) is 16.3 Å². The minimum Gasteiger partial charge on any atom is -0.360 e. The molecule has 0 aliphatic rings. The van der Waals surface area contributed by atoms with Crippen molar-refractivity contribution in [2.45, 2.75) is 11.8 Å². The highest BCUT2D eigenvalue weighted by Gasteiger charge is 2.16. The molecule has 0 spiro atoms. The summed E-state index contributed by atoms with van der Waals surface area (Å²) >= 11 is 0. The van der Waals surface area contributed by atoms with E-state index in [0.717, 1.165) is 0 Å². The number of amides is 1. The summed E-state index contributed by atoms with van der Waals surface area (Å²) in [7, 11) is -3.83. The molecule has 0 saturated heterocycles. The molecule has 3 aromatic rings. The Morgan fingerprint density at radius 1 is 1.08 bits per heavy atom. The zero-order valence-corrected chi connectivity index (χ0v) is 14.4. The topological polar surface area (TPSA) is 101 Å². The van der Waals surface area contributed by atoms with Gasteiger partial charge >= 0.3 is 0 Å². The van der Waals surface area contributed by atoms with E-state index in [4.69, 9.17) is 4.52 Å². The van der Waals surface area contributed by atoms with Gasteiger partial charge in [0.1, 0.15) is 11.6 Å². The van der Waals surface area contributed by atoms with Gasteiger partial charge in [-0.1, -0.05) is 5.16 Å². The van der Waals surface area contributed by atoms with Gasteiger partial charge in [0, 0.05) is 17.3 Å². The first-order chi connectivity index (χ1) is 12.3. The summed E-state index contributed by atoms with van der Waals surface area (Å²) < 4.78 is 44.6. The van der Waals surface area contributed by atoms with Crippen molar-refractivity contribution in [3.05, 3.63) is 71.7 Å². The second-order valence-corrected chi connectivity index (χ2v) is 7.10. The van der Waals surface area contributed by atoms with E-state index in [1.54, 1.807) is 6.92 Å². The van der Waals surface area contributed by atoms with Gasteiger partial charge in [-0.3, -0.25) is 9.52 Å². The highest BCUT2D eigenvalue weighted by molar-refractivity contribution is 7.92. The third kappa shape index (κ3) is 4.06. The van der Waals surface area contributed by atoms with E-state index < -0.39 is 21.7 Å². The molecule has 0 aliphatic heterocycles. The molecule has 2 aromatic carbocycles. The molecular formula is C17H14FN3O4S. The fourth-order valence-electron chi connectivity index (χ4n) is 2.13. The first kappa shape index (κ1) is 17.6. The molecule has 1 aromatic heterocycles. The minimum atomic E-state index is -3.83. The van der Waals surface area contributed by atoms with Crippen LogP contribution in [-0.4, -0.2) is 19.5 Å². The van der Waals surface area contributed by atoms with E-state index in [1.165, 1.54) is 54.6 Å². The normalized spacial score (nSPS) is 11.2. The number of nitrogens with zero attached hydrogens (tertiary/aromatic N) is 1. The van der Waals surface area contributed by atoms with Crippen molar-refractivity contribution >= 4 is 27.4 Å². The fraction of sp³-hybridized carbons (Fsp3) is 0.0588. The summed E-state index contributed by atoms with van der Waals surface area (Å²) in [5.74, 6) is -0.319. The van der Waals surface area contributed by atoms with Crippen LogP contribution in [0.25, 0.3) is 0 Å². The number of nitrogens with one attached hydrogen (secondary N) is 2. The van der Waals surface area contributed by atoms with Crippen molar-refractivity contribution in [3.8, 4) is 0 Å². The monoisotopic (exact) mass is 375 g/mol. The highest BCUT2D eigenvalue weighted by Crippen LogP contribution is 2.18. The standard InChI is InChI=1S/C17H14FN3O4S/c1-11-10-16(20-25-11)21-26(23,24)15-8-6-14(7-9-15)19-17(22)12-2-4-13(18)5-3-12/h2-10H,1H3,(H,19,22)(H,20,21). The summed E-state index contributed by atoms with van der Waals surface area (Å²) in [6.45, 7) is 1.64. The van der Waals surface area contributed by atoms with Crippen LogP contribution in [0.2, 0.25) is 0 Å². The summed E-state index contributed by atoms with van der Waals surface area (Å²) in [6.07, 6.45) is 0. The fourth-order valence-corrected chi connectivity index (χ4v) is 3.12. The Hall–Kier alpha value is -3.20. The SMILES string of the molecule is Cc1cc(NS(=O)(=O)c2ccc(NC(=O)c3ccc(F)cc3)cc2)no1. The average Bonchev–Trinajstić information content (AvgIpc) is 3.00. The molecular weight excluding hydrogens is 361 g/mol. The number of carbonyl (C=O) groups is 1. The number of aryl methyl sites for hydroxylation is 1. The van der Waals surface area contributed by atoms with Crippen molar-refractivity contribution < 1.29 is 22.1 Å². The summed E-state index contributed by atoms with van der Waals surface area (Å²) in [5.41, 5.74) is 0.682. The van der Waals surface area contributed by atoms with Crippen LogP contribution >= 0.6 is 0 Å². The number of sulfonamides is 1. The van der Waals surface area contributed by atoms with Gasteiger partial charge in [0.2, 0.25) is 0 Å². The van der Waals surface area contributed by atoms with Crippen LogP contribution in [0.3, 0.4) is 0 Å². The quantitative estimate of drug-likeness (QED) is 0.713. The number of carbonyl (C=O) groups excluding carboxylic acids is 1. The van der Waals surface area contributed by atoms with E-state index in [1.807, 2.05) is 0 Å². The largest absolute Gasteiger partial charge is 0.360 e. The maximum atomic E-state index is 12.9. The summed E-state index contributed by atoms with van der Waals surface area (Å²) in [6, 6.07) is 12.1. The molecule has 0 atom stereocenters. The molecule has 0 fully saturated rings. The number of hydrogen-bond acceptors (Lipinski definition) is 5. The van der Waals surface area contributed by atoms with Crippen LogP contribution in [0, 0.1) is 12.7 Å². The van der Waals surface area contributed by atoms with Crippen LogP contribution < -0.4 is 10.0 Å². The Balaban J connectivity index is 1.71. The van der Waals surface area contributed by atoms with Crippen LogP contribution in [0.5, 0.6) is 0 Å². The van der Waals surface area contributed by atoms with Crippen LogP contribution in [0.1, 0.15) is 16.1 Å². The van der Waals surface area contributed by atoms with E-state index in [9.17, 15) is 17.6 Å². The summed E-state index contributed by atoms with van der Waals surface area (Å²) in [4.78, 5) is 12.1. The minimum absolute atomic E-state index is 0.00191. The maximum Gasteiger partial charge on any atom is 0.263 e. The lowest BCUT2D eigenvalue weighted by Crippen LogP contribution is -2.14. The van der Waals surface area contributed by atoms with Crippen molar-refractivity contribution in [2.75, 3.05) is 10.0 Å². The lowest BCUT2D eigenvalue weighted by molar-refractivity contribution is 0.102. The van der Waals surface area contributed by atoms with Gasteiger partial charge in [-0.15, -0.1) is 0 Å². The number of rotatable bonds is 5. The third-order valence-electron chi connectivity index (χ3n) is 3.40. The van der Waals surface area contributed by atoms with E-state index >= 15 is 0 Å². The third-order valence-corrected chi connectivity index (χ3v) is 4.77. The van der Waals surface area contributed by atoms with Crippen molar-refractivity contribution in [1.29, 1.82) is 0 Å². The number of hydrogen-bond donors (Lipinski definition) is 2. The Labute approximate surface area is 148 Å². The van der Waals surface area contributed by atoms with Crippen molar-refractivity contribution in [3.63, 3.8) is 0 Å². The molecule has 1 heterocycles. The molecule has 9 heteroatoms. The molecule has 2 N–H and O–H groups in total. The van der Waals surface area contributed by atoms with Gasteiger partial charge in [0.05, 0.1) is 4.90 Å². The Kier molecular flexibility index (Phi) is 4.72. The smallest absolute Gasteiger partial charge is 0.263 e. The number of aromatic nitrogens is 1. The van der Waals surface area contributed by atoms with Crippen molar-refractivity contribution in [2.24, 2.45) is 0 Å². The van der Waals surface area contributed by atoms with Gasteiger partial charge in [0.15, 0.2) is 5.82 Å². The van der Waals surface area contributed by atoms with Crippen LogP contribution in [-0.2, 0) is 10.0 Å². The zero-order chi connectivity index (χ0) is 18.7. The molecule has 0 unspecified atom stereocenters. The average molecular weight is 375 g/mol. The Bertz CT molecular complexity index is 1030. The van der Waals surface area contributed by atoms with E-state index in [2.05, 4.69) is 15.2 Å². The first-order valence-corrected chi connectivity index (χ1v) is 8.95. The number of benzene rings is 2. The molecule has 26 heavy (non-hydrogen) atoms. The van der Waals surface area contributed by atoms with Gasteiger partial charge in [0.25, 0.3) is 15.9 Å². The maximum absolute atomic E-state index is 12.9. The molecule has 0 saturated carbocycles. The number of anilines is 2. The number of halogens is 1. The lowest BCUT2D eigenvalue weighted by atomic mass is 10.2. The van der Waals surface area contributed by atoms with Crippen LogP contribution in [0.15, 0.2) is 64.0 Å². The van der Waals surface area contributed by atoms with E-state index in [0.29, 0.717) is 11.4 Å². The first-order valence-electron chi connectivity index (χ1n) is 7.47. The molecule has 7 nitrogen and oxygen atoms in total. The molecule has 0 radical (unpaired) electrons. The second kappa shape index (κ2) is 6.96. The predicted molar refractivity (Wildman–Crippen MR) is 92.8 cm³/mol. The van der Waals surface area contributed by atoms with Gasteiger partial charge in [-0.2, -0.15) is 0 Å². The van der Waals surface area contributed by atoms with Gasteiger partial charge < -0.3 is 9.84 Å². The van der Waals surface area contributed by atoms with Gasteiger partial charge in [-0.25, -0.2) is 12.8 Å². The molecule has 3 rings (SSSR count).